The molecule has 1 aliphatic rings. The fraction of sp³-hybridized carbons (Fsp3) is 0.909. The van der Waals surface area contributed by atoms with Crippen LogP contribution in [0.5, 0.6) is 0 Å². The van der Waals surface area contributed by atoms with Crippen LogP contribution in [0.15, 0.2) is 0 Å². The highest BCUT2D eigenvalue weighted by atomic mass is 14.3. The maximum atomic E-state index is 8.85. The van der Waals surface area contributed by atoms with Crippen LogP contribution < -0.4 is 0 Å². The third-order valence-corrected chi connectivity index (χ3v) is 2.94. The Hall–Kier alpha value is -0.445. The van der Waals surface area contributed by atoms with Crippen LogP contribution in [0.25, 0.3) is 0 Å². The molecule has 0 spiro atoms. The van der Waals surface area contributed by atoms with Gasteiger partial charge in [-0.25, -0.2) is 0 Å². The molecule has 0 saturated heterocycles. The first-order chi connectivity index (χ1) is 6.33. The highest BCUT2D eigenvalue weighted by Gasteiger charge is 2.10. The summed E-state index contributed by atoms with van der Waals surface area (Å²) in [6, 6.07) is 2.40. The van der Waals surface area contributed by atoms with E-state index >= 15 is 0 Å². The molecule has 0 aromatic carbocycles. The molecule has 0 amide bonds. The third kappa shape index (κ3) is 4.36. The van der Waals surface area contributed by atoms with Crippen LogP contribution in [0.2, 0.25) is 5.82 Å². The molecule has 0 atom stereocenters. The quantitative estimate of drug-likeness (QED) is 0.518. The number of nitrogens with zero attached hydrogens (tertiary/aromatic N) is 1. The lowest BCUT2D eigenvalue weighted by Gasteiger charge is -2.15. The monoisotopic (exact) mass is 175 g/mol. The van der Waals surface area contributed by atoms with Gasteiger partial charge in [0, 0.05) is 5.92 Å². The summed E-state index contributed by atoms with van der Waals surface area (Å²) in [7, 11) is 5.93. The summed E-state index contributed by atoms with van der Waals surface area (Å²) in [6.45, 7) is 0. The Balaban J connectivity index is 2.29. The summed E-state index contributed by atoms with van der Waals surface area (Å²) < 4.78 is 0. The van der Waals surface area contributed by atoms with E-state index in [9.17, 15) is 0 Å². The van der Waals surface area contributed by atoms with Gasteiger partial charge in [-0.2, -0.15) is 5.26 Å². The normalized spacial score (nSPS) is 31.9. The van der Waals surface area contributed by atoms with Gasteiger partial charge in [-0.3, -0.25) is 0 Å². The summed E-state index contributed by atoms with van der Waals surface area (Å²) in [5.41, 5.74) is 0. The Morgan fingerprint density at radius 3 is 1.85 bits per heavy atom. The molecular weight excluding hydrogens is 157 g/mol. The van der Waals surface area contributed by atoms with E-state index in [0.29, 0.717) is 11.7 Å². The predicted molar refractivity (Wildman–Crippen MR) is 55.5 cm³/mol. The summed E-state index contributed by atoms with van der Waals surface area (Å²) in [6.07, 6.45) is 9.26. The lowest BCUT2D eigenvalue weighted by Crippen LogP contribution is -2.02. The van der Waals surface area contributed by atoms with E-state index in [0.717, 1.165) is 25.7 Å². The smallest absolute Gasteiger partial charge is 0.0699 e. The van der Waals surface area contributed by atoms with Crippen LogP contribution in [0.1, 0.15) is 51.4 Å². The first kappa shape index (κ1) is 10.6. The van der Waals surface area contributed by atoms with E-state index in [1.54, 1.807) is 0 Å². The predicted octanol–water partition coefficient (Wildman–Crippen LogP) is 3.22. The van der Waals surface area contributed by atoms with Crippen LogP contribution in [0.3, 0.4) is 0 Å². The Bertz CT molecular complexity index is 161. The SMILES string of the molecule is [B]C1CCCCC(C#N)CCCC1. The van der Waals surface area contributed by atoms with Crippen molar-refractivity contribution in [2.24, 2.45) is 5.92 Å². The molecule has 1 aliphatic carbocycles. The van der Waals surface area contributed by atoms with Gasteiger partial charge in [0.1, 0.15) is 0 Å². The van der Waals surface area contributed by atoms with Gasteiger partial charge in [-0.15, -0.1) is 0 Å². The minimum atomic E-state index is 0.314. The number of rotatable bonds is 0. The topological polar surface area (TPSA) is 23.8 Å². The number of hydrogen-bond donors (Lipinski definition) is 0. The van der Waals surface area contributed by atoms with Gasteiger partial charge in [-0.1, -0.05) is 44.3 Å². The van der Waals surface area contributed by atoms with E-state index in [4.69, 9.17) is 13.1 Å². The minimum absolute atomic E-state index is 0.314. The van der Waals surface area contributed by atoms with Gasteiger partial charge in [0.25, 0.3) is 0 Å². The molecule has 0 N–H and O–H groups in total. The van der Waals surface area contributed by atoms with E-state index < -0.39 is 0 Å². The van der Waals surface area contributed by atoms with Crippen molar-refractivity contribution in [3.8, 4) is 6.07 Å². The Morgan fingerprint density at radius 2 is 1.38 bits per heavy atom. The molecule has 0 unspecified atom stereocenters. The zero-order chi connectivity index (χ0) is 9.52. The highest BCUT2D eigenvalue weighted by Crippen LogP contribution is 2.25. The molecule has 0 aliphatic heterocycles. The average molecular weight is 175 g/mol. The van der Waals surface area contributed by atoms with E-state index in [2.05, 4.69) is 6.07 Å². The van der Waals surface area contributed by atoms with E-state index in [1.807, 2.05) is 0 Å². The molecular formula is C11H18BN. The van der Waals surface area contributed by atoms with Crippen molar-refractivity contribution in [1.29, 1.82) is 5.26 Å². The average Bonchev–Trinajstić information content (AvgIpc) is 2.16. The van der Waals surface area contributed by atoms with Crippen molar-refractivity contribution < 1.29 is 0 Å². The summed E-state index contributed by atoms with van der Waals surface area (Å²) >= 11 is 0. The lowest BCUT2D eigenvalue weighted by molar-refractivity contribution is 0.450. The van der Waals surface area contributed by atoms with Crippen molar-refractivity contribution in [3.63, 3.8) is 0 Å². The molecule has 0 heterocycles. The second kappa shape index (κ2) is 6.08. The molecule has 13 heavy (non-hydrogen) atoms. The zero-order valence-corrected chi connectivity index (χ0v) is 8.34. The summed E-state index contributed by atoms with van der Waals surface area (Å²) in [4.78, 5) is 0. The molecule has 1 saturated carbocycles. The Labute approximate surface area is 82.9 Å². The van der Waals surface area contributed by atoms with Crippen molar-refractivity contribution in [2.45, 2.75) is 57.2 Å². The van der Waals surface area contributed by atoms with Crippen LogP contribution in [0.4, 0.5) is 0 Å². The Kier molecular flexibility index (Phi) is 4.97. The largest absolute Gasteiger partial charge is 0.198 e. The van der Waals surface area contributed by atoms with Crippen LogP contribution in [-0.2, 0) is 0 Å². The number of hydrogen-bond acceptors (Lipinski definition) is 1. The molecule has 1 rings (SSSR count). The van der Waals surface area contributed by atoms with Gasteiger partial charge in [0.2, 0.25) is 0 Å². The van der Waals surface area contributed by atoms with Gasteiger partial charge in [-0.05, 0) is 12.8 Å². The summed E-state index contributed by atoms with van der Waals surface area (Å²) in [5.74, 6) is 0.730. The molecule has 1 nitrogen and oxygen atoms in total. The van der Waals surface area contributed by atoms with Gasteiger partial charge in [0.15, 0.2) is 0 Å². The Morgan fingerprint density at radius 1 is 0.923 bits per heavy atom. The van der Waals surface area contributed by atoms with Crippen molar-refractivity contribution in [2.75, 3.05) is 0 Å². The standard InChI is InChI=1S/C11H18BN/c12-11-7-3-1-5-10(9-13)6-2-4-8-11/h10-11H,1-8H2. The molecule has 0 bridgehead atoms. The minimum Gasteiger partial charge on any atom is -0.198 e. The second-order valence-corrected chi connectivity index (χ2v) is 4.16. The number of nitriles is 1. The fourth-order valence-electron chi connectivity index (χ4n) is 2.01. The second-order valence-electron chi connectivity index (χ2n) is 4.16. The van der Waals surface area contributed by atoms with E-state index in [-0.39, 0.29) is 0 Å². The molecule has 0 aromatic rings. The van der Waals surface area contributed by atoms with Crippen LogP contribution >= 0.6 is 0 Å². The lowest BCUT2D eigenvalue weighted by atomic mass is 9.77. The molecule has 0 aromatic heterocycles. The van der Waals surface area contributed by atoms with Gasteiger partial charge < -0.3 is 0 Å². The van der Waals surface area contributed by atoms with E-state index in [1.165, 1.54) is 25.7 Å². The fourth-order valence-corrected chi connectivity index (χ4v) is 2.01. The van der Waals surface area contributed by atoms with Crippen molar-refractivity contribution >= 4 is 7.85 Å². The molecule has 1 fully saturated rings. The molecule has 2 heteroatoms. The van der Waals surface area contributed by atoms with Gasteiger partial charge >= 0.3 is 0 Å². The highest BCUT2D eigenvalue weighted by molar-refractivity contribution is 6.11. The maximum absolute atomic E-state index is 8.85. The van der Waals surface area contributed by atoms with Crippen LogP contribution in [0, 0.1) is 17.2 Å². The third-order valence-electron chi connectivity index (χ3n) is 2.94. The zero-order valence-electron chi connectivity index (χ0n) is 8.34. The first-order valence-electron chi connectivity index (χ1n) is 5.48. The van der Waals surface area contributed by atoms with Crippen LogP contribution in [-0.4, -0.2) is 7.85 Å². The first-order valence-corrected chi connectivity index (χ1v) is 5.48. The maximum Gasteiger partial charge on any atom is 0.0699 e. The van der Waals surface area contributed by atoms with Gasteiger partial charge in [0.05, 0.1) is 13.9 Å². The molecule has 70 valence electrons. The van der Waals surface area contributed by atoms with Crippen molar-refractivity contribution in [1.82, 2.24) is 0 Å². The summed E-state index contributed by atoms with van der Waals surface area (Å²) in [5, 5.41) is 8.85. The molecule has 2 radical (unpaired) electrons. The van der Waals surface area contributed by atoms with Crippen molar-refractivity contribution in [3.05, 3.63) is 0 Å².